The second-order valence-corrected chi connectivity index (χ2v) is 5.83. The lowest BCUT2D eigenvalue weighted by Crippen LogP contribution is -2.31. The van der Waals surface area contributed by atoms with Crippen LogP contribution in [-0.2, 0) is 4.74 Å². The SMILES string of the molecule is O[C@H]1C[C@@H](C/C=C/c2ccccc2)O[C@@H](c2ccccc2)C1. The molecule has 0 amide bonds. The van der Waals surface area contributed by atoms with Crippen molar-refractivity contribution in [2.45, 2.75) is 37.6 Å². The van der Waals surface area contributed by atoms with Gasteiger partial charge in [-0.05, 0) is 24.0 Å². The molecule has 0 saturated carbocycles. The summed E-state index contributed by atoms with van der Waals surface area (Å²) in [5.41, 5.74) is 2.34. The molecule has 1 aliphatic heterocycles. The lowest BCUT2D eigenvalue weighted by atomic mass is 9.95. The molecule has 2 nitrogen and oxygen atoms in total. The van der Waals surface area contributed by atoms with E-state index in [1.807, 2.05) is 36.4 Å². The average Bonchev–Trinajstić information content (AvgIpc) is 2.56. The standard InChI is InChI=1S/C20H22O2/c21-18-14-19(13-7-10-16-8-3-1-4-9-16)22-20(15-18)17-11-5-2-6-12-17/h1-12,18-21H,13-15H2/b10-7+/t18-,19+,20+/m0/s1. The van der Waals surface area contributed by atoms with Crippen LogP contribution in [0.15, 0.2) is 66.7 Å². The molecule has 114 valence electrons. The number of rotatable bonds is 4. The van der Waals surface area contributed by atoms with Crippen molar-refractivity contribution in [2.24, 2.45) is 0 Å². The Hall–Kier alpha value is -1.90. The van der Waals surface area contributed by atoms with Gasteiger partial charge in [0.15, 0.2) is 0 Å². The van der Waals surface area contributed by atoms with Crippen molar-refractivity contribution < 1.29 is 9.84 Å². The summed E-state index contributed by atoms with van der Waals surface area (Å²) in [5.74, 6) is 0. The third-order valence-corrected chi connectivity index (χ3v) is 4.06. The van der Waals surface area contributed by atoms with Gasteiger partial charge in [-0.2, -0.15) is 0 Å². The molecule has 1 aliphatic rings. The molecule has 0 aromatic heterocycles. The van der Waals surface area contributed by atoms with E-state index in [4.69, 9.17) is 4.74 Å². The third kappa shape index (κ3) is 4.06. The fourth-order valence-electron chi connectivity index (χ4n) is 2.94. The van der Waals surface area contributed by atoms with Crippen LogP contribution >= 0.6 is 0 Å². The average molecular weight is 294 g/mol. The summed E-state index contributed by atoms with van der Waals surface area (Å²) in [6.45, 7) is 0. The molecular formula is C20H22O2. The molecule has 1 N–H and O–H groups in total. The molecule has 22 heavy (non-hydrogen) atoms. The van der Waals surface area contributed by atoms with Crippen molar-refractivity contribution >= 4 is 6.08 Å². The summed E-state index contributed by atoms with van der Waals surface area (Å²) >= 11 is 0. The van der Waals surface area contributed by atoms with Crippen molar-refractivity contribution in [3.8, 4) is 0 Å². The minimum Gasteiger partial charge on any atom is -0.393 e. The first kappa shape index (κ1) is 15.0. The highest BCUT2D eigenvalue weighted by molar-refractivity contribution is 5.48. The molecule has 1 fully saturated rings. The first-order chi connectivity index (χ1) is 10.8. The molecule has 2 aromatic carbocycles. The maximum atomic E-state index is 10.1. The molecule has 0 spiro atoms. The van der Waals surface area contributed by atoms with Crippen molar-refractivity contribution in [1.29, 1.82) is 0 Å². The predicted octanol–water partition coefficient (Wildman–Crippen LogP) is 4.37. The molecular weight excluding hydrogens is 272 g/mol. The number of hydrogen-bond acceptors (Lipinski definition) is 2. The molecule has 0 unspecified atom stereocenters. The largest absolute Gasteiger partial charge is 0.393 e. The van der Waals surface area contributed by atoms with E-state index in [0.717, 1.165) is 12.0 Å². The Labute approximate surface area is 132 Å². The molecule has 2 aromatic rings. The van der Waals surface area contributed by atoms with Gasteiger partial charge in [0.2, 0.25) is 0 Å². The van der Waals surface area contributed by atoms with Gasteiger partial charge in [0.25, 0.3) is 0 Å². The molecule has 3 atom stereocenters. The Morgan fingerprint density at radius 1 is 0.955 bits per heavy atom. The van der Waals surface area contributed by atoms with E-state index in [0.29, 0.717) is 12.8 Å². The van der Waals surface area contributed by atoms with Gasteiger partial charge in [-0.3, -0.25) is 0 Å². The number of aliphatic hydroxyl groups is 1. The summed E-state index contributed by atoms with van der Waals surface area (Å²) in [5, 5.41) is 10.1. The van der Waals surface area contributed by atoms with E-state index < -0.39 is 0 Å². The highest BCUT2D eigenvalue weighted by atomic mass is 16.5. The van der Waals surface area contributed by atoms with Gasteiger partial charge in [-0.1, -0.05) is 72.8 Å². The molecule has 2 heteroatoms. The van der Waals surface area contributed by atoms with Crippen molar-refractivity contribution in [1.82, 2.24) is 0 Å². The first-order valence-electron chi connectivity index (χ1n) is 7.91. The van der Waals surface area contributed by atoms with E-state index in [1.165, 1.54) is 5.56 Å². The predicted molar refractivity (Wildman–Crippen MR) is 89.4 cm³/mol. The molecule has 1 saturated heterocycles. The fourth-order valence-corrected chi connectivity index (χ4v) is 2.94. The van der Waals surface area contributed by atoms with Gasteiger partial charge < -0.3 is 9.84 Å². The van der Waals surface area contributed by atoms with Crippen LogP contribution in [0.25, 0.3) is 6.08 Å². The van der Waals surface area contributed by atoms with Gasteiger partial charge in [0, 0.05) is 6.42 Å². The second-order valence-electron chi connectivity index (χ2n) is 5.83. The minimum absolute atomic E-state index is 0.0000697. The zero-order valence-corrected chi connectivity index (χ0v) is 12.6. The van der Waals surface area contributed by atoms with E-state index in [9.17, 15) is 5.11 Å². The Morgan fingerprint density at radius 3 is 2.36 bits per heavy atom. The molecule has 0 bridgehead atoms. The number of hydrogen-bond donors (Lipinski definition) is 1. The molecule has 1 heterocycles. The highest BCUT2D eigenvalue weighted by Crippen LogP contribution is 2.32. The Bertz CT molecular complexity index is 592. The normalized spacial score (nSPS) is 25.4. The Kier molecular flexibility index (Phi) is 5.04. The Morgan fingerprint density at radius 2 is 1.64 bits per heavy atom. The van der Waals surface area contributed by atoms with Crippen LogP contribution in [0.4, 0.5) is 0 Å². The number of benzene rings is 2. The quantitative estimate of drug-likeness (QED) is 0.907. The van der Waals surface area contributed by atoms with Crippen LogP contribution < -0.4 is 0 Å². The van der Waals surface area contributed by atoms with E-state index in [2.05, 4.69) is 36.4 Å². The van der Waals surface area contributed by atoms with Crippen LogP contribution in [0.5, 0.6) is 0 Å². The summed E-state index contributed by atoms with van der Waals surface area (Å²) in [6, 6.07) is 20.4. The van der Waals surface area contributed by atoms with E-state index in [-0.39, 0.29) is 18.3 Å². The van der Waals surface area contributed by atoms with Crippen molar-refractivity contribution in [2.75, 3.05) is 0 Å². The van der Waals surface area contributed by atoms with Crippen molar-refractivity contribution in [3.63, 3.8) is 0 Å². The summed E-state index contributed by atoms with van der Waals surface area (Å²) < 4.78 is 6.17. The lowest BCUT2D eigenvalue weighted by molar-refractivity contribution is -0.0957. The number of aliphatic hydroxyl groups excluding tert-OH is 1. The monoisotopic (exact) mass is 294 g/mol. The van der Waals surface area contributed by atoms with Gasteiger partial charge in [-0.15, -0.1) is 0 Å². The zero-order valence-electron chi connectivity index (χ0n) is 12.6. The second kappa shape index (κ2) is 7.39. The van der Waals surface area contributed by atoms with Gasteiger partial charge in [0.05, 0.1) is 18.3 Å². The van der Waals surface area contributed by atoms with Gasteiger partial charge in [-0.25, -0.2) is 0 Å². The third-order valence-electron chi connectivity index (χ3n) is 4.06. The van der Waals surface area contributed by atoms with Crippen molar-refractivity contribution in [3.05, 3.63) is 77.9 Å². The van der Waals surface area contributed by atoms with Crippen LogP contribution in [-0.4, -0.2) is 17.3 Å². The minimum atomic E-state index is -0.283. The zero-order chi connectivity index (χ0) is 15.2. The van der Waals surface area contributed by atoms with Gasteiger partial charge in [0.1, 0.15) is 0 Å². The van der Waals surface area contributed by atoms with Crippen LogP contribution in [0.3, 0.4) is 0 Å². The summed E-state index contributed by atoms with van der Waals surface area (Å²) in [7, 11) is 0. The Balaban J connectivity index is 1.60. The van der Waals surface area contributed by atoms with Crippen LogP contribution in [0.1, 0.15) is 36.5 Å². The van der Waals surface area contributed by atoms with E-state index in [1.54, 1.807) is 0 Å². The van der Waals surface area contributed by atoms with E-state index >= 15 is 0 Å². The molecule has 0 radical (unpaired) electrons. The van der Waals surface area contributed by atoms with Crippen LogP contribution in [0.2, 0.25) is 0 Å². The molecule has 0 aliphatic carbocycles. The maximum Gasteiger partial charge on any atom is 0.0853 e. The summed E-state index contributed by atoms with van der Waals surface area (Å²) in [4.78, 5) is 0. The molecule has 3 rings (SSSR count). The first-order valence-corrected chi connectivity index (χ1v) is 7.91. The lowest BCUT2D eigenvalue weighted by Gasteiger charge is -2.33. The fraction of sp³-hybridized carbons (Fsp3) is 0.300. The topological polar surface area (TPSA) is 29.5 Å². The smallest absolute Gasteiger partial charge is 0.0853 e. The van der Waals surface area contributed by atoms with Gasteiger partial charge >= 0.3 is 0 Å². The summed E-state index contributed by atoms with van der Waals surface area (Å²) in [6.07, 6.45) is 6.27. The van der Waals surface area contributed by atoms with Crippen LogP contribution in [0, 0.1) is 0 Å². The maximum absolute atomic E-state index is 10.1. The number of ether oxygens (including phenoxy) is 1. The highest BCUT2D eigenvalue weighted by Gasteiger charge is 2.28.